The monoisotopic (exact) mass is 286 g/mol. The van der Waals surface area contributed by atoms with Gasteiger partial charge in [-0.3, -0.25) is 0 Å². The summed E-state index contributed by atoms with van der Waals surface area (Å²) in [6.45, 7) is 2.12. The molecule has 1 aromatic heterocycles. The van der Waals surface area contributed by atoms with Gasteiger partial charge in [-0.05, 0) is 37.1 Å². The Kier molecular flexibility index (Phi) is 3.65. The minimum absolute atomic E-state index is 0.218. The minimum atomic E-state index is -0.218. The molecule has 0 aliphatic rings. The minimum Gasteiger partial charge on any atom is -0.359 e. The smallest absolute Gasteiger partial charge is 0.184 e. The van der Waals surface area contributed by atoms with Crippen LogP contribution >= 0.6 is 11.3 Å². The van der Waals surface area contributed by atoms with E-state index < -0.39 is 0 Å². The van der Waals surface area contributed by atoms with E-state index in [4.69, 9.17) is 0 Å². The van der Waals surface area contributed by atoms with E-state index in [1.807, 2.05) is 18.2 Å². The van der Waals surface area contributed by atoms with Crippen LogP contribution in [0.25, 0.3) is 10.2 Å². The largest absolute Gasteiger partial charge is 0.359 e. The Bertz CT molecular complexity index is 709. The van der Waals surface area contributed by atoms with Gasteiger partial charge in [-0.25, -0.2) is 9.37 Å². The van der Waals surface area contributed by atoms with Gasteiger partial charge in [0.2, 0.25) is 0 Å². The first-order chi connectivity index (χ1) is 9.70. The summed E-state index contributed by atoms with van der Waals surface area (Å²) in [5.74, 6) is -0.218. The summed E-state index contributed by atoms with van der Waals surface area (Å²) in [6.07, 6.45) is 0.936. The van der Waals surface area contributed by atoms with E-state index in [2.05, 4.69) is 29.4 Å². The van der Waals surface area contributed by atoms with Gasteiger partial charge < -0.3 is 5.32 Å². The van der Waals surface area contributed by atoms with Crippen LogP contribution in [0.2, 0.25) is 0 Å². The van der Waals surface area contributed by atoms with E-state index >= 15 is 0 Å². The molecule has 2 nitrogen and oxygen atoms in total. The quantitative estimate of drug-likeness (QED) is 0.765. The molecular formula is C16H15FN2S. The topological polar surface area (TPSA) is 24.9 Å². The van der Waals surface area contributed by atoms with Crippen LogP contribution in [0.1, 0.15) is 12.5 Å². The van der Waals surface area contributed by atoms with Crippen LogP contribution in [0.5, 0.6) is 0 Å². The molecule has 0 amide bonds. The summed E-state index contributed by atoms with van der Waals surface area (Å²) in [5, 5.41) is 4.23. The van der Waals surface area contributed by atoms with Crippen molar-refractivity contribution in [3.05, 3.63) is 59.9 Å². The predicted molar refractivity (Wildman–Crippen MR) is 82.8 cm³/mol. The van der Waals surface area contributed by atoms with E-state index in [1.165, 1.54) is 29.0 Å². The summed E-state index contributed by atoms with van der Waals surface area (Å²) in [4.78, 5) is 4.48. The van der Waals surface area contributed by atoms with Gasteiger partial charge >= 0.3 is 0 Å². The molecule has 1 atom stereocenters. The van der Waals surface area contributed by atoms with Gasteiger partial charge in [-0.2, -0.15) is 0 Å². The molecule has 0 saturated heterocycles. The highest BCUT2D eigenvalue weighted by Gasteiger charge is 2.08. The van der Waals surface area contributed by atoms with E-state index in [9.17, 15) is 4.39 Å². The summed E-state index contributed by atoms with van der Waals surface area (Å²) >= 11 is 1.49. The molecule has 1 heterocycles. The first-order valence-corrected chi connectivity index (χ1v) is 7.39. The number of hydrogen-bond acceptors (Lipinski definition) is 3. The van der Waals surface area contributed by atoms with Crippen molar-refractivity contribution in [3.63, 3.8) is 0 Å². The zero-order valence-electron chi connectivity index (χ0n) is 11.1. The molecule has 102 valence electrons. The maximum Gasteiger partial charge on any atom is 0.184 e. The van der Waals surface area contributed by atoms with Gasteiger partial charge in [0.25, 0.3) is 0 Å². The van der Waals surface area contributed by atoms with E-state index in [0.29, 0.717) is 0 Å². The third-order valence-corrected chi connectivity index (χ3v) is 4.05. The Hall–Kier alpha value is -1.94. The van der Waals surface area contributed by atoms with Crippen LogP contribution in [0, 0.1) is 5.82 Å². The molecule has 1 unspecified atom stereocenters. The number of nitrogens with one attached hydrogen (secondary N) is 1. The van der Waals surface area contributed by atoms with Gasteiger partial charge in [0.05, 0.1) is 10.2 Å². The van der Waals surface area contributed by atoms with Gasteiger partial charge in [0.1, 0.15) is 5.82 Å². The Morgan fingerprint density at radius 2 is 2.00 bits per heavy atom. The molecular weight excluding hydrogens is 271 g/mol. The molecule has 2 aromatic carbocycles. The number of hydrogen-bond donors (Lipinski definition) is 1. The molecule has 3 rings (SSSR count). The normalized spacial score (nSPS) is 12.5. The Labute approximate surface area is 121 Å². The number of nitrogens with zero attached hydrogens (tertiary/aromatic N) is 1. The second-order valence-electron chi connectivity index (χ2n) is 4.87. The van der Waals surface area contributed by atoms with Gasteiger partial charge in [-0.1, -0.05) is 41.7 Å². The molecule has 0 radical (unpaired) electrons. The highest BCUT2D eigenvalue weighted by atomic mass is 32.1. The second kappa shape index (κ2) is 5.59. The van der Waals surface area contributed by atoms with E-state index in [1.54, 1.807) is 6.07 Å². The maximum absolute atomic E-state index is 13.2. The van der Waals surface area contributed by atoms with E-state index in [-0.39, 0.29) is 11.9 Å². The van der Waals surface area contributed by atoms with Crippen LogP contribution < -0.4 is 5.32 Å². The third kappa shape index (κ3) is 2.96. The molecule has 1 N–H and O–H groups in total. The van der Waals surface area contributed by atoms with Gasteiger partial charge in [0, 0.05) is 6.04 Å². The summed E-state index contributed by atoms with van der Waals surface area (Å²) in [7, 11) is 0. The SMILES string of the molecule is CC(Cc1ccccc1)Nc1nc2ccc(F)cc2s1. The van der Waals surface area contributed by atoms with Crippen molar-refractivity contribution in [2.24, 2.45) is 0 Å². The fourth-order valence-electron chi connectivity index (χ4n) is 2.19. The number of rotatable bonds is 4. The first kappa shape index (κ1) is 13.1. The fraction of sp³-hybridized carbons (Fsp3) is 0.188. The van der Waals surface area contributed by atoms with Crippen molar-refractivity contribution >= 4 is 26.7 Å². The van der Waals surface area contributed by atoms with Crippen LogP contribution in [0.3, 0.4) is 0 Å². The fourth-order valence-corrected chi connectivity index (χ4v) is 3.19. The molecule has 3 aromatic rings. The Morgan fingerprint density at radius 1 is 1.20 bits per heavy atom. The number of aromatic nitrogens is 1. The maximum atomic E-state index is 13.2. The lowest BCUT2D eigenvalue weighted by Crippen LogP contribution is -2.17. The van der Waals surface area contributed by atoms with Crippen molar-refractivity contribution < 1.29 is 4.39 Å². The lowest BCUT2D eigenvalue weighted by Gasteiger charge is -2.12. The number of benzene rings is 2. The number of anilines is 1. The lowest BCUT2D eigenvalue weighted by molar-refractivity contribution is 0.630. The standard InChI is InChI=1S/C16H15FN2S/c1-11(9-12-5-3-2-4-6-12)18-16-19-14-8-7-13(17)10-15(14)20-16/h2-8,10-11H,9H2,1H3,(H,18,19). The van der Waals surface area contributed by atoms with E-state index in [0.717, 1.165) is 21.8 Å². The summed E-state index contributed by atoms with van der Waals surface area (Å²) in [5.41, 5.74) is 2.13. The molecule has 0 spiro atoms. The second-order valence-corrected chi connectivity index (χ2v) is 5.90. The van der Waals surface area contributed by atoms with Crippen molar-refractivity contribution in [1.29, 1.82) is 0 Å². The third-order valence-electron chi connectivity index (χ3n) is 3.11. The Morgan fingerprint density at radius 3 is 2.80 bits per heavy atom. The summed E-state index contributed by atoms with van der Waals surface area (Å²) < 4.78 is 14.0. The highest BCUT2D eigenvalue weighted by Crippen LogP contribution is 2.27. The van der Waals surface area contributed by atoms with Crippen LogP contribution in [0.15, 0.2) is 48.5 Å². The zero-order valence-corrected chi connectivity index (χ0v) is 12.0. The zero-order chi connectivity index (χ0) is 13.9. The lowest BCUT2D eigenvalue weighted by atomic mass is 10.1. The van der Waals surface area contributed by atoms with Gasteiger partial charge in [-0.15, -0.1) is 0 Å². The van der Waals surface area contributed by atoms with Crippen LogP contribution in [-0.2, 0) is 6.42 Å². The molecule has 4 heteroatoms. The average molecular weight is 286 g/mol. The molecule has 0 aliphatic carbocycles. The van der Waals surface area contributed by atoms with Crippen molar-refractivity contribution in [3.8, 4) is 0 Å². The van der Waals surface area contributed by atoms with Gasteiger partial charge in [0.15, 0.2) is 5.13 Å². The Balaban J connectivity index is 1.72. The van der Waals surface area contributed by atoms with Crippen LogP contribution in [-0.4, -0.2) is 11.0 Å². The van der Waals surface area contributed by atoms with Crippen LogP contribution in [0.4, 0.5) is 9.52 Å². The highest BCUT2D eigenvalue weighted by molar-refractivity contribution is 7.22. The molecule has 0 fully saturated rings. The summed E-state index contributed by atoms with van der Waals surface area (Å²) in [6, 6.07) is 15.3. The number of halogens is 1. The molecule has 0 aliphatic heterocycles. The van der Waals surface area contributed by atoms with Crippen molar-refractivity contribution in [2.75, 3.05) is 5.32 Å². The van der Waals surface area contributed by atoms with Crippen molar-refractivity contribution in [1.82, 2.24) is 4.98 Å². The average Bonchev–Trinajstić information content (AvgIpc) is 2.80. The van der Waals surface area contributed by atoms with Crippen molar-refractivity contribution in [2.45, 2.75) is 19.4 Å². The predicted octanol–water partition coefficient (Wildman–Crippen LogP) is 4.48. The molecule has 20 heavy (non-hydrogen) atoms. The number of fused-ring (bicyclic) bond motifs is 1. The molecule has 0 saturated carbocycles. The first-order valence-electron chi connectivity index (χ1n) is 6.57. The molecule has 0 bridgehead atoms. The number of thiazole rings is 1.